The molecule has 1 aromatic carbocycles. The van der Waals surface area contributed by atoms with Crippen molar-refractivity contribution < 1.29 is 13.7 Å². The summed E-state index contributed by atoms with van der Waals surface area (Å²) < 4.78 is 17.8. The molecule has 0 aliphatic carbocycles. The normalized spacial score (nSPS) is 36.0. The van der Waals surface area contributed by atoms with Crippen LogP contribution in [0.2, 0.25) is 0 Å². The molecule has 2 aromatic rings. The van der Waals surface area contributed by atoms with E-state index in [1.165, 1.54) is 0 Å². The van der Waals surface area contributed by atoms with Gasteiger partial charge in [-0.05, 0) is 43.4 Å². The lowest BCUT2D eigenvalue weighted by atomic mass is 9.80. The van der Waals surface area contributed by atoms with Crippen LogP contribution in [0, 0.1) is 6.92 Å². The van der Waals surface area contributed by atoms with Crippen LogP contribution >= 0.6 is 0 Å². The van der Waals surface area contributed by atoms with Crippen LogP contribution in [0.3, 0.4) is 0 Å². The summed E-state index contributed by atoms with van der Waals surface area (Å²) in [6.07, 6.45) is 4.27. The summed E-state index contributed by atoms with van der Waals surface area (Å²) in [6, 6.07) is 5.73. The summed E-state index contributed by atoms with van der Waals surface area (Å²) in [6.45, 7) is 1.82. The van der Waals surface area contributed by atoms with Gasteiger partial charge in [0, 0.05) is 28.2 Å². The van der Waals surface area contributed by atoms with E-state index in [1.807, 2.05) is 25.1 Å². The summed E-state index contributed by atoms with van der Waals surface area (Å²) in [5.74, 6) is 0.635. The lowest BCUT2D eigenvalue weighted by Crippen LogP contribution is -2.47. The van der Waals surface area contributed by atoms with Crippen LogP contribution in [0.5, 0.6) is 0 Å². The molecule has 2 saturated heterocycles. The van der Waals surface area contributed by atoms with Crippen LogP contribution in [0.25, 0.3) is 11.1 Å². The van der Waals surface area contributed by atoms with Crippen molar-refractivity contribution in [3.05, 3.63) is 29.7 Å². The van der Waals surface area contributed by atoms with Crippen molar-refractivity contribution in [2.45, 2.75) is 55.1 Å². The Morgan fingerprint density at radius 1 is 1.33 bits per heavy atom. The minimum absolute atomic E-state index is 0.136. The number of aliphatic hydroxyl groups is 1. The van der Waals surface area contributed by atoms with E-state index in [0.717, 1.165) is 35.9 Å². The Labute approximate surface area is 126 Å². The standard InChI is InChI=1S/C16H19NO3S/c1-10-17-14-7-11(5-6-15(14)20-10)16(18)8-12-3-2-4-13(9-16)21(12)19/h5-7,12-13,18H,2-4,8-9H2,1H3. The Morgan fingerprint density at radius 2 is 2.05 bits per heavy atom. The van der Waals surface area contributed by atoms with Crippen LogP contribution in [-0.2, 0) is 16.4 Å². The van der Waals surface area contributed by atoms with Gasteiger partial charge >= 0.3 is 0 Å². The van der Waals surface area contributed by atoms with Gasteiger partial charge in [-0.3, -0.25) is 4.21 Å². The molecule has 2 unspecified atom stereocenters. The van der Waals surface area contributed by atoms with Gasteiger partial charge in [0.1, 0.15) is 5.52 Å². The smallest absolute Gasteiger partial charge is 0.192 e. The van der Waals surface area contributed by atoms with E-state index in [2.05, 4.69) is 4.98 Å². The predicted molar refractivity (Wildman–Crippen MR) is 81.4 cm³/mol. The van der Waals surface area contributed by atoms with Crippen LogP contribution in [0.4, 0.5) is 0 Å². The molecule has 3 heterocycles. The lowest BCUT2D eigenvalue weighted by molar-refractivity contribution is 0.00664. The summed E-state index contributed by atoms with van der Waals surface area (Å²) in [5.41, 5.74) is 1.55. The van der Waals surface area contributed by atoms with E-state index in [4.69, 9.17) is 4.42 Å². The number of aromatic nitrogens is 1. The van der Waals surface area contributed by atoms with E-state index in [9.17, 15) is 9.32 Å². The molecule has 4 rings (SSSR count). The first-order valence-corrected chi connectivity index (χ1v) is 8.82. The van der Waals surface area contributed by atoms with Crippen molar-refractivity contribution in [3.63, 3.8) is 0 Å². The van der Waals surface area contributed by atoms with Gasteiger partial charge in [-0.1, -0.05) is 12.5 Å². The van der Waals surface area contributed by atoms with Gasteiger partial charge in [-0.2, -0.15) is 0 Å². The fourth-order valence-electron chi connectivity index (χ4n) is 3.85. The number of benzene rings is 1. The topological polar surface area (TPSA) is 63.3 Å². The van der Waals surface area contributed by atoms with E-state index in [-0.39, 0.29) is 10.5 Å². The number of hydrogen-bond acceptors (Lipinski definition) is 4. The third-order valence-corrected chi connectivity index (χ3v) is 6.99. The summed E-state index contributed by atoms with van der Waals surface area (Å²) in [5, 5.41) is 11.4. The number of hydrogen-bond donors (Lipinski definition) is 1. The van der Waals surface area contributed by atoms with Crippen LogP contribution in [0.1, 0.15) is 43.6 Å². The molecule has 2 bridgehead atoms. The average molecular weight is 305 g/mol. The van der Waals surface area contributed by atoms with Crippen molar-refractivity contribution in [2.24, 2.45) is 0 Å². The zero-order chi connectivity index (χ0) is 14.6. The van der Waals surface area contributed by atoms with Gasteiger partial charge < -0.3 is 9.52 Å². The second-order valence-corrected chi connectivity index (χ2v) is 8.35. The van der Waals surface area contributed by atoms with Gasteiger partial charge in [0.2, 0.25) is 0 Å². The highest BCUT2D eigenvalue weighted by Gasteiger charge is 2.46. The maximum Gasteiger partial charge on any atom is 0.192 e. The molecule has 5 heteroatoms. The number of nitrogens with zero attached hydrogens (tertiary/aromatic N) is 1. The largest absolute Gasteiger partial charge is 0.441 e. The molecule has 0 amide bonds. The average Bonchev–Trinajstić information content (AvgIpc) is 2.80. The minimum Gasteiger partial charge on any atom is -0.441 e. The molecule has 21 heavy (non-hydrogen) atoms. The van der Waals surface area contributed by atoms with Crippen molar-refractivity contribution >= 4 is 21.9 Å². The molecular formula is C16H19NO3S. The monoisotopic (exact) mass is 305 g/mol. The molecule has 2 aliphatic heterocycles. The molecule has 2 fully saturated rings. The molecule has 2 atom stereocenters. The molecule has 4 nitrogen and oxygen atoms in total. The molecule has 1 N–H and O–H groups in total. The first-order valence-electron chi connectivity index (χ1n) is 7.55. The van der Waals surface area contributed by atoms with Crippen molar-refractivity contribution in [1.82, 2.24) is 4.98 Å². The molecule has 0 spiro atoms. The first-order chi connectivity index (χ1) is 10.0. The van der Waals surface area contributed by atoms with E-state index >= 15 is 0 Å². The third kappa shape index (κ3) is 2.14. The number of oxazole rings is 1. The molecule has 0 saturated carbocycles. The maximum absolute atomic E-state index is 12.3. The fourth-order valence-corrected chi connectivity index (χ4v) is 6.07. The Balaban J connectivity index is 1.74. The number of aryl methyl sites for hydroxylation is 1. The predicted octanol–water partition coefficient (Wildman–Crippen LogP) is 2.79. The van der Waals surface area contributed by atoms with Gasteiger partial charge in [-0.15, -0.1) is 0 Å². The molecule has 2 aliphatic rings. The molecule has 112 valence electrons. The number of rotatable bonds is 1. The van der Waals surface area contributed by atoms with Gasteiger partial charge in [0.25, 0.3) is 0 Å². The van der Waals surface area contributed by atoms with Gasteiger partial charge in [0.15, 0.2) is 11.5 Å². The molecule has 1 aromatic heterocycles. The highest BCUT2D eigenvalue weighted by molar-refractivity contribution is 7.86. The number of fused-ring (bicyclic) bond motifs is 3. The van der Waals surface area contributed by atoms with Crippen molar-refractivity contribution in [3.8, 4) is 0 Å². The molecular weight excluding hydrogens is 286 g/mol. The Hall–Kier alpha value is -1.20. The van der Waals surface area contributed by atoms with E-state index in [1.54, 1.807) is 0 Å². The third-order valence-electron chi connectivity index (χ3n) is 4.87. The van der Waals surface area contributed by atoms with Gasteiger partial charge in [-0.25, -0.2) is 4.98 Å². The van der Waals surface area contributed by atoms with Crippen LogP contribution in [-0.4, -0.2) is 24.8 Å². The Kier molecular flexibility index (Phi) is 2.98. The zero-order valence-corrected chi connectivity index (χ0v) is 12.9. The summed E-state index contributed by atoms with van der Waals surface area (Å²) in [7, 11) is -0.773. The minimum atomic E-state index is -0.870. The highest BCUT2D eigenvalue weighted by Crippen LogP contribution is 2.44. The van der Waals surface area contributed by atoms with E-state index < -0.39 is 16.4 Å². The summed E-state index contributed by atoms with van der Waals surface area (Å²) in [4.78, 5) is 4.35. The van der Waals surface area contributed by atoms with E-state index in [0.29, 0.717) is 18.7 Å². The Bertz CT molecular complexity index is 707. The maximum atomic E-state index is 12.3. The van der Waals surface area contributed by atoms with Crippen molar-refractivity contribution in [1.29, 1.82) is 0 Å². The second kappa shape index (κ2) is 4.65. The quantitative estimate of drug-likeness (QED) is 0.880. The van der Waals surface area contributed by atoms with Gasteiger partial charge in [0.05, 0.1) is 5.60 Å². The fraction of sp³-hybridized carbons (Fsp3) is 0.562. The first kappa shape index (κ1) is 13.5. The van der Waals surface area contributed by atoms with Crippen LogP contribution < -0.4 is 0 Å². The highest BCUT2D eigenvalue weighted by atomic mass is 32.2. The van der Waals surface area contributed by atoms with Crippen molar-refractivity contribution in [2.75, 3.05) is 0 Å². The zero-order valence-electron chi connectivity index (χ0n) is 12.0. The summed E-state index contributed by atoms with van der Waals surface area (Å²) >= 11 is 0. The molecule has 0 radical (unpaired) electrons. The van der Waals surface area contributed by atoms with Crippen LogP contribution in [0.15, 0.2) is 22.6 Å². The SMILES string of the molecule is Cc1nc2cc(C3(O)CC4CCCC(C3)S4=O)ccc2o1. The Morgan fingerprint density at radius 3 is 2.76 bits per heavy atom. The second-order valence-electron chi connectivity index (χ2n) is 6.36. The lowest BCUT2D eigenvalue weighted by Gasteiger charge is -2.43.